The van der Waals surface area contributed by atoms with Crippen molar-refractivity contribution in [1.29, 1.82) is 0 Å². The Morgan fingerprint density at radius 3 is 2.50 bits per heavy atom. The maximum atomic E-state index is 5.95. The van der Waals surface area contributed by atoms with E-state index in [1.807, 2.05) is 43.6 Å². The molecule has 2 aromatic carbocycles. The Morgan fingerprint density at radius 1 is 1.00 bits per heavy atom. The minimum Gasteiger partial charge on any atom is -0.309 e. The molecule has 0 fully saturated rings. The Labute approximate surface area is 123 Å². The summed E-state index contributed by atoms with van der Waals surface area (Å²) in [5, 5.41) is 5.26. The van der Waals surface area contributed by atoms with Crippen LogP contribution in [0.15, 0.2) is 60.8 Å². The number of rotatable bonds is 3. The van der Waals surface area contributed by atoms with E-state index < -0.39 is 0 Å². The smallest absolute Gasteiger partial charge is 0.0705 e. The molecule has 0 saturated carbocycles. The van der Waals surface area contributed by atoms with Crippen molar-refractivity contribution in [1.82, 2.24) is 10.3 Å². The van der Waals surface area contributed by atoms with Gasteiger partial charge in [-0.2, -0.15) is 0 Å². The van der Waals surface area contributed by atoms with E-state index in [0.29, 0.717) is 0 Å². The summed E-state index contributed by atoms with van der Waals surface area (Å²) in [5.41, 5.74) is 3.40. The molecule has 3 rings (SSSR count). The van der Waals surface area contributed by atoms with Crippen LogP contribution in [0, 0.1) is 0 Å². The average Bonchev–Trinajstić information content (AvgIpc) is 2.50. The van der Waals surface area contributed by atoms with Gasteiger partial charge in [0.25, 0.3) is 0 Å². The molecule has 2 nitrogen and oxygen atoms in total. The topological polar surface area (TPSA) is 24.9 Å². The molecule has 0 aliphatic carbocycles. The lowest BCUT2D eigenvalue weighted by atomic mass is 9.98. The van der Waals surface area contributed by atoms with Gasteiger partial charge in [0.1, 0.15) is 0 Å². The number of hydrogen-bond donors (Lipinski definition) is 1. The first kappa shape index (κ1) is 13.1. The number of fused-ring (bicyclic) bond motifs is 1. The van der Waals surface area contributed by atoms with Crippen molar-refractivity contribution in [2.45, 2.75) is 6.04 Å². The number of nitrogens with zero attached hydrogens (tertiary/aromatic N) is 1. The second kappa shape index (κ2) is 5.61. The molecule has 0 bridgehead atoms. The van der Waals surface area contributed by atoms with Crippen LogP contribution in [-0.2, 0) is 0 Å². The van der Waals surface area contributed by atoms with Gasteiger partial charge in [0.05, 0.1) is 11.6 Å². The van der Waals surface area contributed by atoms with Gasteiger partial charge in [-0.15, -0.1) is 0 Å². The van der Waals surface area contributed by atoms with E-state index in [9.17, 15) is 0 Å². The van der Waals surface area contributed by atoms with E-state index in [1.165, 1.54) is 11.1 Å². The third-order valence-corrected chi connectivity index (χ3v) is 3.71. The normalized spacial score (nSPS) is 12.5. The van der Waals surface area contributed by atoms with Gasteiger partial charge in [0.15, 0.2) is 0 Å². The highest BCUT2D eigenvalue weighted by Gasteiger charge is 2.12. The molecular formula is C17H15ClN2. The zero-order valence-electron chi connectivity index (χ0n) is 11.2. The van der Waals surface area contributed by atoms with Crippen LogP contribution in [0.3, 0.4) is 0 Å². The molecule has 1 heterocycles. The number of benzene rings is 2. The largest absolute Gasteiger partial charge is 0.309 e. The molecule has 3 heteroatoms. The molecule has 0 radical (unpaired) electrons. The Hall–Kier alpha value is -1.90. The van der Waals surface area contributed by atoms with Gasteiger partial charge in [0.2, 0.25) is 0 Å². The first-order valence-electron chi connectivity index (χ1n) is 6.55. The van der Waals surface area contributed by atoms with Crippen LogP contribution in [0.1, 0.15) is 17.2 Å². The maximum absolute atomic E-state index is 5.95. The Bertz CT molecular complexity index is 722. The zero-order valence-corrected chi connectivity index (χ0v) is 11.9. The number of nitrogens with one attached hydrogen (secondary N) is 1. The monoisotopic (exact) mass is 282 g/mol. The summed E-state index contributed by atoms with van der Waals surface area (Å²) in [6.45, 7) is 0. The quantitative estimate of drug-likeness (QED) is 0.779. The third-order valence-electron chi connectivity index (χ3n) is 3.46. The standard InChI is InChI=1S/C17H15ClN2/c1-19-17(13-6-8-15(18)9-7-13)14-5-4-12-3-2-10-20-16(12)11-14/h2-11,17,19H,1H3. The highest BCUT2D eigenvalue weighted by molar-refractivity contribution is 6.30. The number of aromatic nitrogens is 1. The highest BCUT2D eigenvalue weighted by Crippen LogP contribution is 2.25. The summed E-state index contributed by atoms with van der Waals surface area (Å²) < 4.78 is 0. The summed E-state index contributed by atoms with van der Waals surface area (Å²) in [5.74, 6) is 0. The van der Waals surface area contributed by atoms with Crippen molar-refractivity contribution in [3.8, 4) is 0 Å². The summed E-state index contributed by atoms with van der Waals surface area (Å²) >= 11 is 5.95. The molecule has 1 atom stereocenters. The molecule has 0 spiro atoms. The predicted molar refractivity (Wildman–Crippen MR) is 84.1 cm³/mol. The van der Waals surface area contributed by atoms with Crippen LogP contribution < -0.4 is 5.32 Å². The number of halogens is 1. The average molecular weight is 283 g/mol. The van der Waals surface area contributed by atoms with Crippen LogP contribution in [0.5, 0.6) is 0 Å². The minimum atomic E-state index is 0.138. The van der Waals surface area contributed by atoms with Gasteiger partial charge in [-0.05, 0) is 42.4 Å². The molecule has 20 heavy (non-hydrogen) atoms. The van der Waals surface area contributed by atoms with E-state index in [-0.39, 0.29) is 6.04 Å². The van der Waals surface area contributed by atoms with Crippen LogP contribution >= 0.6 is 11.6 Å². The van der Waals surface area contributed by atoms with E-state index >= 15 is 0 Å². The minimum absolute atomic E-state index is 0.138. The SMILES string of the molecule is CNC(c1ccc(Cl)cc1)c1ccc2cccnc2c1. The summed E-state index contributed by atoms with van der Waals surface area (Å²) in [7, 11) is 1.96. The lowest BCUT2D eigenvalue weighted by Gasteiger charge is -2.17. The molecule has 0 aliphatic heterocycles. The number of hydrogen-bond acceptors (Lipinski definition) is 2. The fraction of sp³-hybridized carbons (Fsp3) is 0.118. The van der Waals surface area contributed by atoms with E-state index in [0.717, 1.165) is 15.9 Å². The molecule has 0 amide bonds. The van der Waals surface area contributed by atoms with E-state index in [2.05, 4.69) is 34.6 Å². The fourth-order valence-electron chi connectivity index (χ4n) is 2.44. The Balaban J connectivity index is 2.04. The van der Waals surface area contributed by atoms with Crippen LogP contribution in [0.2, 0.25) is 5.02 Å². The second-order valence-corrected chi connectivity index (χ2v) is 5.17. The molecule has 0 aliphatic rings. The van der Waals surface area contributed by atoms with Gasteiger partial charge in [-0.1, -0.05) is 41.9 Å². The first-order chi connectivity index (χ1) is 9.78. The molecule has 3 aromatic rings. The van der Waals surface area contributed by atoms with Gasteiger partial charge in [-0.3, -0.25) is 4.98 Å². The van der Waals surface area contributed by atoms with Crippen LogP contribution in [-0.4, -0.2) is 12.0 Å². The summed E-state index contributed by atoms with van der Waals surface area (Å²) in [6.07, 6.45) is 1.82. The lowest BCUT2D eigenvalue weighted by Crippen LogP contribution is -2.17. The molecule has 100 valence electrons. The van der Waals surface area contributed by atoms with Gasteiger partial charge >= 0.3 is 0 Å². The molecular weight excluding hydrogens is 268 g/mol. The van der Waals surface area contributed by atoms with Gasteiger partial charge < -0.3 is 5.32 Å². The first-order valence-corrected chi connectivity index (χ1v) is 6.93. The maximum Gasteiger partial charge on any atom is 0.0705 e. The Morgan fingerprint density at radius 2 is 1.75 bits per heavy atom. The second-order valence-electron chi connectivity index (χ2n) is 4.73. The fourth-order valence-corrected chi connectivity index (χ4v) is 2.57. The van der Waals surface area contributed by atoms with Crippen molar-refractivity contribution in [2.24, 2.45) is 0 Å². The summed E-state index contributed by atoms with van der Waals surface area (Å²) in [6, 6.07) is 18.5. The molecule has 1 aromatic heterocycles. The zero-order chi connectivity index (χ0) is 13.9. The lowest BCUT2D eigenvalue weighted by molar-refractivity contribution is 0.692. The van der Waals surface area contributed by atoms with Crippen LogP contribution in [0.4, 0.5) is 0 Å². The molecule has 1 N–H and O–H groups in total. The van der Waals surface area contributed by atoms with Crippen molar-refractivity contribution in [3.05, 3.63) is 76.9 Å². The molecule has 0 saturated heterocycles. The van der Waals surface area contributed by atoms with E-state index in [4.69, 9.17) is 11.6 Å². The van der Waals surface area contributed by atoms with Crippen LogP contribution in [0.25, 0.3) is 10.9 Å². The Kier molecular flexibility index (Phi) is 3.68. The number of pyridine rings is 1. The third kappa shape index (κ3) is 2.53. The van der Waals surface area contributed by atoms with Crippen molar-refractivity contribution in [3.63, 3.8) is 0 Å². The van der Waals surface area contributed by atoms with Gasteiger partial charge in [0, 0.05) is 16.6 Å². The molecule has 1 unspecified atom stereocenters. The predicted octanol–water partition coefficient (Wildman–Crippen LogP) is 4.20. The highest BCUT2D eigenvalue weighted by atomic mass is 35.5. The van der Waals surface area contributed by atoms with Crippen molar-refractivity contribution < 1.29 is 0 Å². The van der Waals surface area contributed by atoms with Gasteiger partial charge in [-0.25, -0.2) is 0 Å². The van der Waals surface area contributed by atoms with Crippen molar-refractivity contribution >= 4 is 22.5 Å². The van der Waals surface area contributed by atoms with E-state index in [1.54, 1.807) is 0 Å². The van der Waals surface area contributed by atoms with Crippen molar-refractivity contribution in [2.75, 3.05) is 7.05 Å². The summed E-state index contributed by atoms with van der Waals surface area (Å²) in [4.78, 5) is 4.42.